The first kappa shape index (κ1) is 18.8. The molecule has 0 radical (unpaired) electrons. The molecule has 4 rings (SSSR count). The summed E-state index contributed by atoms with van der Waals surface area (Å²) in [7, 11) is 1.90. The zero-order chi connectivity index (χ0) is 19.9. The van der Waals surface area contributed by atoms with E-state index in [1.807, 2.05) is 35.9 Å². The van der Waals surface area contributed by atoms with Crippen LogP contribution in [0.1, 0.15) is 56.5 Å². The predicted octanol–water partition coefficient (Wildman–Crippen LogP) is 3.12. The molecule has 0 bridgehead atoms. The summed E-state index contributed by atoms with van der Waals surface area (Å²) in [6.07, 6.45) is 4.01. The van der Waals surface area contributed by atoms with Crippen molar-refractivity contribution >= 4 is 23.0 Å². The van der Waals surface area contributed by atoms with Crippen molar-refractivity contribution in [3.05, 3.63) is 29.6 Å². The van der Waals surface area contributed by atoms with E-state index >= 15 is 0 Å². The number of aryl methyl sites for hydroxylation is 1. The number of carbonyl (C=O) groups is 2. The van der Waals surface area contributed by atoms with Crippen molar-refractivity contribution in [1.29, 1.82) is 0 Å². The van der Waals surface area contributed by atoms with Crippen molar-refractivity contribution in [2.45, 2.75) is 57.5 Å². The molecule has 7 heteroatoms. The normalized spacial score (nSPS) is 20.2. The number of nitrogens with one attached hydrogen (secondary N) is 2. The van der Waals surface area contributed by atoms with Crippen molar-refractivity contribution in [2.75, 3.05) is 20.1 Å². The summed E-state index contributed by atoms with van der Waals surface area (Å²) in [6, 6.07) is 5.92. The molecule has 2 aromatic rings. The molecule has 2 aliphatic rings. The van der Waals surface area contributed by atoms with Gasteiger partial charge in [-0.25, -0.2) is 9.78 Å². The molecule has 0 saturated carbocycles. The Kier molecular flexibility index (Phi) is 4.77. The average molecular weight is 383 g/mol. The van der Waals surface area contributed by atoms with Gasteiger partial charge in [0, 0.05) is 32.1 Å². The minimum Gasteiger partial charge on any atom is -0.340 e. The van der Waals surface area contributed by atoms with Crippen molar-refractivity contribution in [3.8, 4) is 0 Å². The number of hydrogen-bond donors (Lipinski definition) is 2. The van der Waals surface area contributed by atoms with E-state index in [2.05, 4.69) is 28.3 Å². The Labute approximate surface area is 165 Å². The van der Waals surface area contributed by atoms with Crippen LogP contribution in [-0.4, -0.2) is 57.4 Å². The molecular weight excluding hydrogens is 354 g/mol. The number of benzene rings is 1. The van der Waals surface area contributed by atoms with E-state index < -0.39 is 0 Å². The van der Waals surface area contributed by atoms with Crippen LogP contribution in [0.25, 0.3) is 11.0 Å². The fourth-order valence-electron chi connectivity index (χ4n) is 4.56. The lowest BCUT2D eigenvalue weighted by molar-refractivity contribution is -0.130. The van der Waals surface area contributed by atoms with Gasteiger partial charge in [-0.1, -0.05) is 13.0 Å². The van der Waals surface area contributed by atoms with Gasteiger partial charge in [-0.3, -0.25) is 4.79 Å². The highest BCUT2D eigenvalue weighted by Gasteiger charge is 2.45. The summed E-state index contributed by atoms with van der Waals surface area (Å²) < 4.78 is 0. The molecular formula is C21H29N5O2. The van der Waals surface area contributed by atoms with Gasteiger partial charge in [0.1, 0.15) is 5.82 Å². The zero-order valence-corrected chi connectivity index (χ0v) is 16.9. The Morgan fingerprint density at radius 1 is 1.32 bits per heavy atom. The molecule has 1 atom stereocenters. The second kappa shape index (κ2) is 7.11. The van der Waals surface area contributed by atoms with Crippen LogP contribution < -0.4 is 5.32 Å². The molecule has 1 spiro atoms. The number of imidazole rings is 1. The maximum atomic E-state index is 12.9. The zero-order valence-electron chi connectivity index (χ0n) is 16.9. The van der Waals surface area contributed by atoms with Crippen LogP contribution in [-0.2, 0) is 4.79 Å². The second-order valence-corrected chi connectivity index (χ2v) is 8.22. The van der Waals surface area contributed by atoms with Gasteiger partial charge in [0.05, 0.1) is 17.1 Å². The molecule has 0 unspecified atom stereocenters. The summed E-state index contributed by atoms with van der Waals surface area (Å²) in [5, 5.41) is 3.14. The summed E-state index contributed by atoms with van der Waals surface area (Å²) in [5.74, 6) is 1.02. The molecule has 28 heavy (non-hydrogen) atoms. The van der Waals surface area contributed by atoms with Gasteiger partial charge in [0.25, 0.3) is 0 Å². The summed E-state index contributed by atoms with van der Waals surface area (Å²) in [4.78, 5) is 36.6. The van der Waals surface area contributed by atoms with E-state index in [-0.39, 0.29) is 23.5 Å². The van der Waals surface area contributed by atoms with E-state index in [4.69, 9.17) is 0 Å². The standard InChI is InChI=1S/C21H29N5O2/c1-4-15(19-22-16-6-5-14(2)13-17(16)23-19)24-20(28)26-11-9-21(10-12-26)8-7-18(27)25(21)3/h5-6,13,15H,4,7-12H2,1-3H3,(H,22,23)(H,24,28)/t15-/m1/s1. The first-order valence-corrected chi connectivity index (χ1v) is 10.2. The number of H-pyrrole nitrogens is 1. The lowest BCUT2D eigenvalue weighted by atomic mass is 9.85. The topological polar surface area (TPSA) is 81.3 Å². The van der Waals surface area contributed by atoms with E-state index in [9.17, 15) is 9.59 Å². The van der Waals surface area contributed by atoms with Crippen LogP contribution in [0.5, 0.6) is 0 Å². The molecule has 3 amide bonds. The number of hydrogen-bond acceptors (Lipinski definition) is 3. The fourth-order valence-corrected chi connectivity index (χ4v) is 4.56. The maximum absolute atomic E-state index is 12.9. The molecule has 2 aliphatic heterocycles. The first-order chi connectivity index (χ1) is 13.4. The molecule has 7 nitrogen and oxygen atoms in total. The largest absolute Gasteiger partial charge is 0.340 e. The number of carbonyl (C=O) groups excluding carboxylic acids is 2. The van der Waals surface area contributed by atoms with E-state index in [1.165, 1.54) is 5.56 Å². The third-order valence-corrected chi connectivity index (χ3v) is 6.56. The maximum Gasteiger partial charge on any atom is 0.317 e. The van der Waals surface area contributed by atoms with E-state index in [0.29, 0.717) is 19.5 Å². The van der Waals surface area contributed by atoms with Crippen LogP contribution in [0.15, 0.2) is 18.2 Å². The molecule has 150 valence electrons. The number of aromatic nitrogens is 2. The fraction of sp³-hybridized carbons (Fsp3) is 0.571. The van der Waals surface area contributed by atoms with Gasteiger partial charge >= 0.3 is 6.03 Å². The predicted molar refractivity (Wildman–Crippen MR) is 108 cm³/mol. The number of rotatable bonds is 3. The lowest BCUT2D eigenvalue weighted by Crippen LogP contribution is -2.54. The van der Waals surface area contributed by atoms with Crippen LogP contribution in [0.2, 0.25) is 0 Å². The van der Waals surface area contributed by atoms with Crippen molar-refractivity contribution in [3.63, 3.8) is 0 Å². The monoisotopic (exact) mass is 383 g/mol. The number of fused-ring (bicyclic) bond motifs is 1. The van der Waals surface area contributed by atoms with E-state index in [1.54, 1.807) is 0 Å². The van der Waals surface area contributed by atoms with E-state index in [0.717, 1.165) is 42.5 Å². The number of piperidine rings is 1. The summed E-state index contributed by atoms with van der Waals surface area (Å²) in [5.41, 5.74) is 3.05. The van der Waals surface area contributed by atoms with Gasteiger partial charge in [-0.15, -0.1) is 0 Å². The Morgan fingerprint density at radius 3 is 2.71 bits per heavy atom. The number of nitrogens with zero attached hydrogens (tertiary/aromatic N) is 3. The number of urea groups is 1. The second-order valence-electron chi connectivity index (χ2n) is 8.22. The van der Waals surface area contributed by atoms with Gasteiger partial charge in [-0.2, -0.15) is 0 Å². The third kappa shape index (κ3) is 3.23. The summed E-state index contributed by atoms with van der Waals surface area (Å²) in [6.45, 7) is 5.46. The first-order valence-electron chi connectivity index (χ1n) is 10.2. The Morgan fingerprint density at radius 2 is 2.07 bits per heavy atom. The number of aromatic amines is 1. The lowest BCUT2D eigenvalue weighted by Gasteiger charge is -2.43. The Balaban J connectivity index is 1.41. The van der Waals surface area contributed by atoms with Gasteiger partial charge in [0.2, 0.25) is 5.91 Å². The van der Waals surface area contributed by atoms with Gasteiger partial charge < -0.3 is 20.1 Å². The molecule has 1 aromatic heterocycles. The molecule has 1 aromatic carbocycles. The quantitative estimate of drug-likeness (QED) is 0.854. The van der Waals surface area contributed by atoms with Crippen LogP contribution in [0.3, 0.4) is 0 Å². The van der Waals surface area contributed by atoms with Crippen molar-refractivity contribution in [2.24, 2.45) is 0 Å². The Hall–Kier alpha value is -2.57. The highest BCUT2D eigenvalue weighted by atomic mass is 16.2. The molecule has 3 heterocycles. The smallest absolute Gasteiger partial charge is 0.317 e. The average Bonchev–Trinajstić information content (AvgIpc) is 3.23. The highest BCUT2D eigenvalue weighted by molar-refractivity contribution is 5.80. The van der Waals surface area contributed by atoms with Crippen LogP contribution in [0.4, 0.5) is 4.79 Å². The van der Waals surface area contributed by atoms with Crippen molar-refractivity contribution < 1.29 is 9.59 Å². The number of likely N-dealkylation sites (tertiary alicyclic amines) is 2. The van der Waals surface area contributed by atoms with Crippen LogP contribution >= 0.6 is 0 Å². The summed E-state index contributed by atoms with van der Waals surface area (Å²) >= 11 is 0. The molecule has 2 fully saturated rings. The minimum absolute atomic E-state index is 0.0470. The van der Waals surface area contributed by atoms with Crippen LogP contribution in [0, 0.1) is 6.92 Å². The van der Waals surface area contributed by atoms with Crippen molar-refractivity contribution in [1.82, 2.24) is 25.1 Å². The highest BCUT2D eigenvalue weighted by Crippen LogP contribution is 2.37. The van der Waals surface area contributed by atoms with Gasteiger partial charge in [0.15, 0.2) is 0 Å². The number of amides is 3. The van der Waals surface area contributed by atoms with Gasteiger partial charge in [-0.05, 0) is 50.3 Å². The molecule has 2 saturated heterocycles. The third-order valence-electron chi connectivity index (χ3n) is 6.56. The minimum atomic E-state index is -0.146. The molecule has 0 aliphatic carbocycles. The Bertz CT molecular complexity index is 897. The SMILES string of the molecule is CC[C@@H](NC(=O)N1CCC2(CCC(=O)N2C)CC1)c1nc2ccc(C)cc2[nH]1. The molecule has 2 N–H and O–H groups in total.